The molecule has 0 aromatic carbocycles. The SMILES string of the molecule is CCOC(=O)c1csc([C@@H]2CCCN2C(=O)C(=O)C(C)(C)CC)n1. The van der Waals surface area contributed by atoms with Gasteiger partial charge in [0.1, 0.15) is 5.01 Å². The van der Waals surface area contributed by atoms with Crippen LogP contribution in [0.2, 0.25) is 0 Å². The summed E-state index contributed by atoms with van der Waals surface area (Å²) in [5.41, 5.74) is -0.403. The number of carbonyl (C=O) groups is 3. The Bertz CT molecular complexity index is 638. The minimum absolute atomic E-state index is 0.234. The van der Waals surface area contributed by atoms with Crippen LogP contribution in [-0.2, 0) is 14.3 Å². The first-order valence-electron chi connectivity index (χ1n) is 8.29. The third-order valence-corrected chi connectivity index (χ3v) is 5.44. The van der Waals surface area contributed by atoms with E-state index in [4.69, 9.17) is 4.74 Å². The van der Waals surface area contributed by atoms with Gasteiger partial charge in [-0.15, -0.1) is 11.3 Å². The molecule has 0 unspecified atom stereocenters. The Balaban J connectivity index is 2.18. The van der Waals surface area contributed by atoms with E-state index in [-0.39, 0.29) is 17.5 Å². The summed E-state index contributed by atoms with van der Waals surface area (Å²) in [6.07, 6.45) is 2.19. The number of ether oxygens (including phenoxy) is 1. The summed E-state index contributed by atoms with van der Waals surface area (Å²) in [6, 6.07) is -0.234. The number of carbonyl (C=O) groups excluding carboxylic acids is 3. The average Bonchev–Trinajstić information content (AvgIpc) is 3.22. The molecule has 0 N–H and O–H groups in total. The molecule has 132 valence electrons. The van der Waals surface area contributed by atoms with E-state index in [1.165, 1.54) is 11.3 Å². The molecule has 0 saturated carbocycles. The lowest BCUT2D eigenvalue weighted by atomic mass is 9.84. The summed E-state index contributed by atoms with van der Waals surface area (Å²) < 4.78 is 4.95. The van der Waals surface area contributed by atoms with Gasteiger partial charge >= 0.3 is 5.97 Å². The Kier molecular flexibility index (Phi) is 5.74. The predicted molar refractivity (Wildman–Crippen MR) is 90.8 cm³/mol. The number of rotatable bonds is 6. The van der Waals surface area contributed by atoms with Crippen LogP contribution in [0, 0.1) is 5.41 Å². The Hall–Kier alpha value is -1.76. The van der Waals surface area contributed by atoms with Gasteiger partial charge in [0.25, 0.3) is 5.91 Å². The zero-order chi connectivity index (χ0) is 17.9. The van der Waals surface area contributed by atoms with Crippen molar-refractivity contribution in [2.24, 2.45) is 5.41 Å². The van der Waals surface area contributed by atoms with Crippen LogP contribution in [0.25, 0.3) is 0 Å². The lowest BCUT2D eigenvalue weighted by molar-refractivity contribution is -0.149. The summed E-state index contributed by atoms with van der Waals surface area (Å²) in [5, 5.41) is 2.33. The smallest absolute Gasteiger partial charge is 0.357 e. The summed E-state index contributed by atoms with van der Waals surface area (Å²) in [6.45, 7) is 8.06. The van der Waals surface area contributed by atoms with Gasteiger partial charge in [-0.2, -0.15) is 0 Å². The molecule has 0 spiro atoms. The molecule has 6 nitrogen and oxygen atoms in total. The molecule has 1 fully saturated rings. The third-order valence-electron chi connectivity index (χ3n) is 4.50. The van der Waals surface area contributed by atoms with Crippen LogP contribution < -0.4 is 0 Å². The highest BCUT2D eigenvalue weighted by Gasteiger charge is 2.40. The fourth-order valence-corrected chi connectivity index (χ4v) is 3.52. The molecule has 24 heavy (non-hydrogen) atoms. The number of likely N-dealkylation sites (tertiary alicyclic amines) is 1. The summed E-state index contributed by atoms with van der Waals surface area (Å²) in [5.74, 6) is -1.27. The lowest BCUT2D eigenvalue weighted by Crippen LogP contribution is -2.42. The van der Waals surface area contributed by atoms with Gasteiger partial charge in [-0.1, -0.05) is 20.8 Å². The predicted octanol–water partition coefficient (Wildman–Crippen LogP) is 2.99. The van der Waals surface area contributed by atoms with Crippen molar-refractivity contribution in [2.45, 2.75) is 53.0 Å². The van der Waals surface area contributed by atoms with Gasteiger partial charge in [0.15, 0.2) is 5.69 Å². The molecule has 2 rings (SSSR count). The van der Waals surface area contributed by atoms with E-state index in [0.717, 1.165) is 12.8 Å². The van der Waals surface area contributed by atoms with E-state index >= 15 is 0 Å². The van der Waals surface area contributed by atoms with Crippen molar-refractivity contribution in [3.8, 4) is 0 Å². The molecule has 1 aliphatic rings. The first kappa shape index (κ1) is 18.6. The van der Waals surface area contributed by atoms with Crippen LogP contribution in [0.1, 0.15) is 68.5 Å². The zero-order valence-corrected chi connectivity index (χ0v) is 15.4. The topological polar surface area (TPSA) is 76.6 Å². The van der Waals surface area contributed by atoms with E-state index in [9.17, 15) is 14.4 Å². The van der Waals surface area contributed by atoms with Crippen molar-refractivity contribution in [1.82, 2.24) is 9.88 Å². The quantitative estimate of drug-likeness (QED) is 0.581. The zero-order valence-electron chi connectivity index (χ0n) is 14.6. The van der Waals surface area contributed by atoms with Gasteiger partial charge in [-0.05, 0) is 26.2 Å². The monoisotopic (exact) mass is 352 g/mol. The van der Waals surface area contributed by atoms with Crippen molar-refractivity contribution < 1.29 is 19.1 Å². The van der Waals surface area contributed by atoms with Crippen LogP contribution in [0.4, 0.5) is 0 Å². The van der Waals surface area contributed by atoms with Crippen molar-refractivity contribution in [1.29, 1.82) is 0 Å². The lowest BCUT2D eigenvalue weighted by Gasteiger charge is -2.27. The first-order valence-corrected chi connectivity index (χ1v) is 9.17. The highest BCUT2D eigenvalue weighted by Crippen LogP contribution is 2.35. The third kappa shape index (κ3) is 3.66. The summed E-state index contributed by atoms with van der Waals surface area (Å²) in [4.78, 5) is 42.8. The second kappa shape index (κ2) is 7.42. The van der Waals surface area contributed by atoms with Crippen LogP contribution >= 0.6 is 11.3 Å². The van der Waals surface area contributed by atoms with Crippen molar-refractivity contribution in [3.05, 3.63) is 16.1 Å². The maximum absolute atomic E-state index is 12.6. The molecule has 2 heterocycles. The average molecular weight is 352 g/mol. The molecule has 7 heteroatoms. The molecule has 1 aromatic rings. The number of thiazole rings is 1. The van der Waals surface area contributed by atoms with Crippen molar-refractivity contribution in [2.75, 3.05) is 13.2 Å². The second-order valence-electron chi connectivity index (χ2n) is 6.51. The van der Waals surface area contributed by atoms with E-state index in [1.54, 1.807) is 31.1 Å². The summed E-state index contributed by atoms with van der Waals surface area (Å²) in [7, 11) is 0. The number of Topliss-reactive ketones (excluding diaryl/α,β-unsaturated/α-hetero) is 1. The molecule has 0 radical (unpaired) electrons. The normalized spacial score (nSPS) is 17.8. The van der Waals surface area contributed by atoms with Crippen LogP contribution in [-0.4, -0.2) is 40.7 Å². The van der Waals surface area contributed by atoms with Gasteiger partial charge in [-0.3, -0.25) is 9.59 Å². The van der Waals surface area contributed by atoms with E-state index in [2.05, 4.69) is 4.98 Å². The van der Waals surface area contributed by atoms with Crippen molar-refractivity contribution in [3.63, 3.8) is 0 Å². The molecular formula is C17H24N2O4S. The summed E-state index contributed by atoms with van der Waals surface area (Å²) >= 11 is 1.33. The fourth-order valence-electron chi connectivity index (χ4n) is 2.59. The maximum Gasteiger partial charge on any atom is 0.357 e. The van der Waals surface area contributed by atoms with Gasteiger partial charge in [0.2, 0.25) is 5.78 Å². The molecule has 1 aromatic heterocycles. The number of nitrogens with zero attached hydrogens (tertiary/aromatic N) is 2. The van der Waals surface area contributed by atoms with Gasteiger partial charge in [0, 0.05) is 17.3 Å². The molecule has 1 atom stereocenters. The second-order valence-corrected chi connectivity index (χ2v) is 7.40. The highest BCUT2D eigenvalue weighted by molar-refractivity contribution is 7.09. The molecular weight excluding hydrogens is 328 g/mol. The fraction of sp³-hybridized carbons (Fsp3) is 0.647. The molecule has 1 saturated heterocycles. The van der Waals surface area contributed by atoms with E-state index in [1.807, 2.05) is 6.92 Å². The number of hydrogen-bond acceptors (Lipinski definition) is 6. The minimum Gasteiger partial charge on any atom is -0.461 e. The van der Waals surface area contributed by atoms with Gasteiger partial charge < -0.3 is 9.64 Å². The number of amides is 1. The van der Waals surface area contributed by atoms with E-state index in [0.29, 0.717) is 24.6 Å². The van der Waals surface area contributed by atoms with Gasteiger partial charge in [0.05, 0.1) is 12.6 Å². The number of hydrogen-bond donors (Lipinski definition) is 0. The highest BCUT2D eigenvalue weighted by atomic mass is 32.1. The van der Waals surface area contributed by atoms with E-state index < -0.39 is 17.3 Å². The minimum atomic E-state index is -0.663. The van der Waals surface area contributed by atoms with Crippen LogP contribution in [0.5, 0.6) is 0 Å². The van der Waals surface area contributed by atoms with Crippen LogP contribution in [0.3, 0.4) is 0 Å². The standard InChI is InChI=1S/C17H24N2O4S/c1-5-17(3,4)13(20)15(21)19-9-7-8-12(19)14-18-11(10-24-14)16(22)23-6-2/h10,12H,5-9H2,1-4H3/t12-/m0/s1. The van der Waals surface area contributed by atoms with Crippen LogP contribution in [0.15, 0.2) is 5.38 Å². The Morgan fingerprint density at radius 3 is 2.71 bits per heavy atom. The first-order chi connectivity index (χ1) is 11.3. The maximum atomic E-state index is 12.6. The number of esters is 1. The Morgan fingerprint density at radius 2 is 2.08 bits per heavy atom. The largest absolute Gasteiger partial charge is 0.461 e. The Morgan fingerprint density at radius 1 is 1.38 bits per heavy atom. The Labute approximate surface area is 146 Å². The molecule has 0 aliphatic carbocycles. The molecule has 0 bridgehead atoms. The molecule has 1 aliphatic heterocycles. The molecule has 1 amide bonds. The number of ketones is 1. The number of aromatic nitrogens is 1. The van der Waals surface area contributed by atoms with Crippen molar-refractivity contribution >= 4 is 29.0 Å². The van der Waals surface area contributed by atoms with Gasteiger partial charge in [-0.25, -0.2) is 9.78 Å².